The summed E-state index contributed by atoms with van der Waals surface area (Å²) in [6, 6.07) is 0. The zero-order chi connectivity index (χ0) is 15.6. The van der Waals surface area contributed by atoms with Crippen LogP contribution >= 0.6 is 11.3 Å². The maximum absolute atomic E-state index is 11.9. The van der Waals surface area contributed by atoms with Crippen molar-refractivity contribution in [1.82, 2.24) is 14.7 Å². The number of imidazole rings is 1. The highest BCUT2D eigenvalue weighted by molar-refractivity contribution is 7.15. The third-order valence-corrected chi connectivity index (χ3v) is 3.49. The first-order valence-corrected chi connectivity index (χ1v) is 6.68. The summed E-state index contributed by atoms with van der Waals surface area (Å²) in [7, 11) is 0. The second kappa shape index (κ2) is 5.72. The molecule has 0 spiro atoms. The molecular weight excluding hydrogens is 311 g/mol. The Bertz CT molecular complexity index is 677. The van der Waals surface area contributed by atoms with Crippen LogP contribution in [0.1, 0.15) is 23.2 Å². The minimum atomic E-state index is -5.02. The molecule has 0 fully saturated rings. The molecular formula is C11H10F3N3O3S. The molecule has 0 saturated carbocycles. The minimum Gasteiger partial charge on any atom is -0.439 e. The van der Waals surface area contributed by atoms with Crippen molar-refractivity contribution in [2.45, 2.75) is 19.5 Å². The van der Waals surface area contributed by atoms with Gasteiger partial charge < -0.3 is 10.1 Å². The number of rotatable bonds is 4. The number of alkyl halides is 3. The number of fused-ring (bicyclic) bond motifs is 1. The van der Waals surface area contributed by atoms with Crippen molar-refractivity contribution in [3.63, 3.8) is 0 Å². The van der Waals surface area contributed by atoms with Gasteiger partial charge in [0.25, 0.3) is 0 Å². The van der Waals surface area contributed by atoms with Crippen LogP contribution < -0.4 is 5.32 Å². The van der Waals surface area contributed by atoms with E-state index in [1.54, 1.807) is 4.40 Å². The number of nitrogens with zero attached hydrogens (tertiary/aromatic N) is 2. The summed E-state index contributed by atoms with van der Waals surface area (Å²) >= 11 is 1.38. The molecule has 1 N–H and O–H groups in total. The Hall–Kier alpha value is -2.10. The molecule has 2 heterocycles. The molecule has 2 aromatic rings. The standard InChI is InChI=1S/C11H10F3N3O3S/c1-2-6-4-21-7-3-15-8(17(6)7)9(18)20-5-16-10(19)11(12,13)14/h3-4H,2,5H2,1H3,(H,16,19). The number of hydrogen-bond donors (Lipinski definition) is 1. The average Bonchev–Trinajstić information content (AvgIpc) is 2.97. The number of aryl methyl sites for hydroxylation is 1. The van der Waals surface area contributed by atoms with Gasteiger partial charge in [-0.05, 0) is 6.42 Å². The molecule has 2 rings (SSSR count). The molecule has 2 aromatic heterocycles. The Kier molecular flexibility index (Phi) is 4.16. The van der Waals surface area contributed by atoms with Crippen LogP contribution in [0.3, 0.4) is 0 Å². The topological polar surface area (TPSA) is 72.7 Å². The van der Waals surface area contributed by atoms with Crippen LogP contribution in [-0.2, 0) is 16.0 Å². The van der Waals surface area contributed by atoms with Crippen molar-refractivity contribution in [3.05, 3.63) is 23.1 Å². The van der Waals surface area contributed by atoms with Gasteiger partial charge in [-0.2, -0.15) is 13.2 Å². The van der Waals surface area contributed by atoms with Gasteiger partial charge >= 0.3 is 18.1 Å². The molecule has 0 atom stereocenters. The zero-order valence-electron chi connectivity index (χ0n) is 10.7. The van der Waals surface area contributed by atoms with Gasteiger partial charge in [0.05, 0.1) is 6.20 Å². The second-order valence-electron chi connectivity index (χ2n) is 3.92. The molecule has 0 aliphatic rings. The van der Waals surface area contributed by atoms with Crippen LogP contribution in [0.15, 0.2) is 11.6 Å². The zero-order valence-corrected chi connectivity index (χ0v) is 11.5. The Morgan fingerprint density at radius 3 is 2.81 bits per heavy atom. The van der Waals surface area contributed by atoms with E-state index in [-0.39, 0.29) is 5.82 Å². The smallest absolute Gasteiger partial charge is 0.439 e. The number of esters is 1. The summed E-state index contributed by atoms with van der Waals surface area (Å²) in [5.74, 6) is -3.12. The highest BCUT2D eigenvalue weighted by Crippen LogP contribution is 2.19. The predicted octanol–water partition coefficient (Wildman–Crippen LogP) is 1.75. The number of halogens is 3. The first kappa shape index (κ1) is 15.3. The van der Waals surface area contributed by atoms with Gasteiger partial charge in [0.1, 0.15) is 4.83 Å². The number of aromatic nitrogens is 2. The lowest BCUT2D eigenvalue weighted by Crippen LogP contribution is -2.38. The highest BCUT2D eigenvalue weighted by Gasteiger charge is 2.38. The normalized spacial score (nSPS) is 11.6. The largest absolute Gasteiger partial charge is 0.471 e. The fraction of sp³-hybridized carbons (Fsp3) is 0.364. The van der Waals surface area contributed by atoms with E-state index in [1.165, 1.54) is 22.9 Å². The van der Waals surface area contributed by atoms with Crippen molar-refractivity contribution in [2.24, 2.45) is 0 Å². The van der Waals surface area contributed by atoms with Crippen LogP contribution in [0.5, 0.6) is 0 Å². The molecule has 0 aliphatic heterocycles. The maximum Gasteiger partial charge on any atom is 0.471 e. The lowest BCUT2D eigenvalue weighted by molar-refractivity contribution is -0.174. The third-order valence-electron chi connectivity index (χ3n) is 2.57. The fourth-order valence-electron chi connectivity index (χ4n) is 1.60. The maximum atomic E-state index is 11.9. The van der Waals surface area contributed by atoms with Crippen molar-refractivity contribution in [3.8, 4) is 0 Å². The van der Waals surface area contributed by atoms with E-state index in [1.807, 2.05) is 12.3 Å². The highest BCUT2D eigenvalue weighted by atomic mass is 32.1. The van der Waals surface area contributed by atoms with Gasteiger partial charge in [0.15, 0.2) is 6.73 Å². The first-order chi connectivity index (χ1) is 9.84. The van der Waals surface area contributed by atoms with Crippen molar-refractivity contribution >= 4 is 28.0 Å². The summed E-state index contributed by atoms with van der Waals surface area (Å²) in [6.45, 7) is 1.01. The van der Waals surface area contributed by atoms with Crippen LogP contribution in [0.25, 0.3) is 4.83 Å². The summed E-state index contributed by atoms with van der Waals surface area (Å²) in [4.78, 5) is 26.9. The van der Waals surface area contributed by atoms with E-state index in [0.29, 0.717) is 6.42 Å². The summed E-state index contributed by atoms with van der Waals surface area (Å²) in [5.41, 5.74) is 0.832. The lowest BCUT2D eigenvalue weighted by atomic mass is 10.4. The van der Waals surface area contributed by atoms with Crippen LogP contribution in [-0.4, -0.2) is 34.2 Å². The van der Waals surface area contributed by atoms with Gasteiger partial charge in [-0.25, -0.2) is 9.78 Å². The molecule has 0 saturated heterocycles. The molecule has 0 bridgehead atoms. The SMILES string of the molecule is CCc1csc2cnc(C(=O)OCNC(=O)C(F)(F)F)n12. The Balaban J connectivity index is 2.03. The number of nitrogens with one attached hydrogen (secondary N) is 1. The molecule has 0 unspecified atom stereocenters. The Morgan fingerprint density at radius 2 is 2.19 bits per heavy atom. The van der Waals surface area contributed by atoms with Crippen LogP contribution in [0.2, 0.25) is 0 Å². The molecule has 21 heavy (non-hydrogen) atoms. The van der Waals surface area contributed by atoms with E-state index >= 15 is 0 Å². The molecule has 0 aliphatic carbocycles. The molecule has 6 nitrogen and oxygen atoms in total. The van der Waals surface area contributed by atoms with Gasteiger partial charge in [-0.15, -0.1) is 11.3 Å². The van der Waals surface area contributed by atoms with Gasteiger partial charge in [-0.3, -0.25) is 9.20 Å². The molecule has 114 valence electrons. The number of hydrogen-bond acceptors (Lipinski definition) is 5. The van der Waals surface area contributed by atoms with Gasteiger partial charge in [0.2, 0.25) is 5.82 Å². The molecule has 1 amide bonds. The van der Waals surface area contributed by atoms with E-state index in [0.717, 1.165) is 10.5 Å². The number of ether oxygens (including phenoxy) is 1. The Labute approximate surface area is 120 Å². The average molecular weight is 321 g/mol. The number of carbonyl (C=O) groups excluding carboxylic acids is 2. The van der Waals surface area contributed by atoms with E-state index in [9.17, 15) is 22.8 Å². The van der Waals surface area contributed by atoms with Crippen molar-refractivity contribution < 1.29 is 27.5 Å². The minimum absolute atomic E-state index is 0.0376. The van der Waals surface area contributed by atoms with Gasteiger partial charge in [0, 0.05) is 11.1 Å². The second-order valence-corrected chi connectivity index (χ2v) is 4.81. The number of thiazole rings is 1. The van der Waals surface area contributed by atoms with E-state index in [2.05, 4.69) is 9.72 Å². The van der Waals surface area contributed by atoms with Crippen LogP contribution in [0.4, 0.5) is 13.2 Å². The number of carbonyl (C=O) groups is 2. The third kappa shape index (κ3) is 3.15. The van der Waals surface area contributed by atoms with Crippen molar-refractivity contribution in [2.75, 3.05) is 6.73 Å². The number of amides is 1. The fourth-order valence-corrected chi connectivity index (χ4v) is 2.55. The molecule has 10 heteroatoms. The Morgan fingerprint density at radius 1 is 1.48 bits per heavy atom. The first-order valence-electron chi connectivity index (χ1n) is 5.80. The summed E-state index contributed by atoms with van der Waals surface area (Å²) in [6.07, 6.45) is -2.90. The van der Waals surface area contributed by atoms with Crippen LogP contribution in [0, 0.1) is 0 Å². The monoisotopic (exact) mass is 321 g/mol. The summed E-state index contributed by atoms with van der Waals surface area (Å²) in [5, 5.41) is 3.29. The van der Waals surface area contributed by atoms with E-state index < -0.39 is 24.8 Å². The lowest BCUT2D eigenvalue weighted by Gasteiger charge is -2.08. The molecule has 0 radical (unpaired) electrons. The molecule has 0 aromatic carbocycles. The van der Waals surface area contributed by atoms with Gasteiger partial charge in [-0.1, -0.05) is 6.92 Å². The van der Waals surface area contributed by atoms with E-state index in [4.69, 9.17) is 0 Å². The van der Waals surface area contributed by atoms with Crippen molar-refractivity contribution in [1.29, 1.82) is 0 Å². The predicted molar refractivity (Wildman–Crippen MR) is 66.9 cm³/mol. The summed E-state index contributed by atoms with van der Waals surface area (Å²) < 4.78 is 42.0. The quantitative estimate of drug-likeness (QED) is 0.688.